The summed E-state index contributed by atoms with van der Waals surface area (Å²) in [6.07, 6.45) is 0. The van der Waals surface area contributed by atoms with Crippen molar-refractivity contribution in [2.75, 3.05) is 30.0 Å². The third-order valence-corrected chi connectivity index (χ3v) is 3.65. The van der Waals surface area contributed by atoms with Gasteiger partial charge in [0, 0.05) is 25.8 Å². The van der Waals surface area contributed by atoms with Crippen LogP contribution in [0.15, 0.2) is 18.2 Å². The van der Waals surface area contributed by atoms with Crippen molar-refractivity contribution in [1.29, 1.82) is 0 Å². The van der Waals surface area contributed by atoms with Gasteiger partial charge in [0.1, 0.15) is 10.7 Å². The number of anilines is 3. The molecule has 0 aliphatic rings. The topological polar surface area (TPSA) is 71.2 Å². The van der Waals surface area contributed by atoms with Crippen LogP contribution < -0.4 is 16.0 Å². The number of nitrogen functional groups attached to an aromatic ring is 1. The van der Waals surface area contributed by atoms with Crippen molar-refractivity contribution >= 4 is 33.9 Å². The fourth-order valence-electron chi connectivity index (χ4n) is 1.44. The van der Waals surface area contributed by atoms with Gasteiger partial charge in [-0.1, -0.05) is 11.3 Å². The minimum absolute atomic E-state index is 0.0961. The normalized spacial score (nSPS) is 10.4. The smallest absolute Gasteiger partial charge is 0.269 e. The van der Waals surface area contributed by atoms with Crippen LogP contribution in [-0.4, -0.2) is 25.0 Å². The Morgan fingerprint density at radius 1 is 1.35 bits per heavy atom. The molecule has 0 aliphatic carbocycles. The van der Waals surface area contributed by atoms with E-state index in [2.05, 4.69) is 10.3 Å². The lowest BCUT2D eigenvalue weighted by atomic mass is 10.3. The van der Waals surface area contributed by atoms with Gasteiger partial charge in [-0.15, -0.1) is 0 Å². The lowest BCUT2D eigenvalue weighted by Gasteiger charge is -2.05. The van der Waals surface area contributed by atoms with Crippen LogP contribution in [0.25, 0.3) is 0 Å². The second-order valence-corrected chi connectivity index (χ2v) is 5.17. The Kier molecular flexibility index (Phi) is 3.84. The second kappa shape index (κ2) is 5.41. The lowest BCUT2D eigenvalue weighted by Crippen LogP contribution is -2.12. The Bertz CT molecular complexity index is 657. The summed E-state index contributed by atoms with van der Waals surface area (Å²) < 4.78 is 25.8. The van der Waals surface area contributed by atoms with Crippen molar-refractivity contribution in [3.05, 3.63) is 34.7 Å². The first-order valence-corrected chi connectivity index (χ1v) is 6.40. The van der Waals surface area contributed by atoms with E-state index in [0.29, 0.717) is 5.13 Å². The van der Waals surface area contributed by atoms with Gasteiger partial charge in [0.05, 0.1) is 0 Å². The maximum absolute atomic E-state index is 13.1. The monoisotopic (exact) mass is 298 g/mol. The van der Waals surface area contributed by atoms with Crippen LogP contribution in [0.4, 0.5) is 25.4 Å². The average Bonchev–Trinajstić information content (AvgIpc) is 2.76. The highest BCUT2D eigenvalue weighted by atomic mass is 32.1. The van der Waals surface area contributed by atoms with E-state index in [1.165, 1.54) is 6.07 Å². The first-order valence-electron chi connectivity index (χ1n) is 5.58. The summed E-state index contributed by atoms with van der Waals surface area (Å²) in [7, 11) is 3.55. The maximum atomic E-state index is 13.1. The number of nitrogens with one attached hydrogen (secondary N) is 1. The minimum Gasteiger partial charge on any atom is -0.382 e. The number of amides is 1. The molecule has 2 aromatic rings. The van der Waals surface area contributed by atoms with E-state index < -0.39 is 17.5 Å². The number of nitrogens with zero attached hydrogens (tertiary/aromatic N) is 2. The zero-order valence-electron chi connectivity index (χ0n) is 10.8. The zero-order chi connectivity index (χ0) is 14.9. The summed E-state index contributed by atoms with van der Waals surface area (Å²) in [6, 6.07) is 3.10. The third-order valence-electron chi connectivity index (χ3n) is 2.41. The van der Waals surface area contributed by atoms with Crippen molar-refractivity contribution in [2.45, 2.75) is 0 Å². The molecule has 0 atom stereocenters. The van der Waals surface area contributed by atoms with E-state index in [-0.39, 0.29) is 16.4 Å². The summed E-state index contributed by atoms with van der Waals surface area (Å²) in [4.78, 5) is 18.0. The summed E-state index contributed by atoms with van der Waals surface area (Å²) >= 11 is 1.11. The van der Waals surface area contributed by atoms with Crippen LogP contribution in [-0.2, 0) is 0 Å². The molecule has 1 heterocycles. The van der Waals surface area contributed by atoms with E-state index in [1.54, 1.807) is 19.0 Å². The predicted molar refractivity (Wildman–Crippen MR) is 75.2 cm³/mol. The first kappa shape index (κ1) is 14.2. The molecule has 0 saturated carbocycles. The molecule has 1 amide bonds. The molecule has 0 spiro atoms. The fraction of sp³-hybridized carbons (Fsp3) is 0.167. The van der Waals surface area contributed by atoms with Gasteiger partial charge in [-0.25, -0.2) is 13.8 Å². The largest absolute Gasteiger partial charge is 0.382 e. The molecular weight excluding hydrogens is 286 g/mol. The molecule has 5 nitrogen and oxygen atoms in total. The van der Waals surface area contributed by atoms with Gasteiger partial charge in [0.25, 0.3) is 5.91 Å². The lowest BCUT2D eigenvalue weighted by molar-refractivity contribution is 0.103. The number of aromatic nitrogens is 1. The number of halogens is 2. The van der Waals surface area contributed by atoms with Crippen molar-refractivity contribution in [3.8, 4) is 0 Å². The van der Waals surface area contributed by atoms with E-state index >= 15 is 0 Å². The summed E-state index contributed by atoms with van der Waals surface area (Å²) in [5, 5.41) is 3.03. The fourth-order valence-corrected chi connectivity index (χ4v) is 2.24. The van der Waals surface area contributed by atoms with Crippen molar-refractivity contribution < 1.29 is 13.6 Å². The van der Waals surface area contributed by atoms with E-state index in [0.717, 1.165) is 23.5 Å². The first-order chi connectivity index (χ1) is 9.38. The highest BCUT2D eigenvalue weighted by molar-refractivity contribution is 7.18. The quantitative estimate of drug-likeness (QED) is 0.912. The van der Waals surface area contributed by atoms with Gasteiger partial charge in [-0.2, -0.15) is 0 Å². The SMILES string of the molecule is CN(C)c1nc(N)c(C(=O)Nc2ccc(F)c(F)c2)s1. The molecule has 8 heteroatoms. The number of hydrogen-bond acceptors (Lipinski definition) is 5. The van der Waals surface area contributed by atoms with Gasteiger partial charge in [-0.05, 0) is 12.1 Å². The highest BCUT2D eigenvalue weighted by Gasteiger charge is 2.17. The van der Waals surface area contributed by atoms with Crippen LogP contribution in [0.1, 0.15) is 9.67 Å². The third kappa shape index (κ3) is 2.85. The zero-order valence-corrected chi connectivity index (χ0v) is 11.6. The summed E-state index contributed by atoms with van der Waals surface area (Å²) in [5.74, 6) is -2.43. The Hall–Kier alpha value is -2.22. The van der Waals surface area contributed by atoms with E-state index in [4.69, 9.17) is 5.73 Å². The van der Waals surface area contributed by atoms with Gasteiger partial charge in [0.15, 0.2) is 16.8 Å². The van der Waals surface area contributed by atoms with Crippen LogP contribution in [0.3, 0.4) is 0 Å². The van der Waals surface area contributed by atoms with Crippen LogP contribution in [0.2, 0.25) is 0 Å². The molecule has 2 rings (SSSR count). The summed E-state index contributed by atoms with van der Waals surface area (Å²) in [6.45, 7) is 0. The second-order valence-electron chi connectivity index (χ2n) is 4.19. The molecule has 20 heavy (non-hydrogen) atoms. The molecule has 3 N–H and O–H groups in total. The number of nitrogens with two attached hydrogens (primary N) is 1. The Morgan fingerprint density at radius 2 is 2.05 bits per heavy atom. The molecular formula is C12H12F2N4OS. The van der Waals surface area contributed by atoms with Gasteiger partial charge >= 0.3 is 0 Å². The molecule has 0 fully saturated rings. The number of hydrogen-bond donors (Lipinski definition) is 2. The number of carbonyl (C=O) groups excluding carboxylic acids is 1. The number of benzene rings is 1. The molecule has 0 saturated heterocycles. The molecule has 1 aromatic carbocycles. The average molecular weight is 298 g/mol. The number of carbonyl (C=O) groups is 1. The number of rotatable bonds is 3. The standard InChI is InChI=1S/C12H12F2N4OS/c1-18(2)12-17-10(15)9(20-12)11(19)16-6-3-4-7(13)8(14)5-6/h3-5H,15H2,1-2H3,(H,16,19). The highest BCUT2D eigenvalue weighted by Crippen LogP contribution is 2.27. The van der Waals surface area contributed by atoms with Crippen LogP contribution in [0, 0.1) is 11.6 Å². The van der Waals surface area contributed by atoms with Crippen molar-refractivity contribution in [3.63, 3.8) is 0 Å². The molecule has 0 bridgehead atoms. The molecule has 106 valence electrons. The van der Waals surface area contributed by atoms with Crippen LogP contribution in [0.5, 0.6) is 0 Å². The molecule has 0 unspecified atom stereocenters. The molecule has 1 aromatic heterocycles. The Labute approximate surface area is 118 Å². The van der Waals surface area contributed by atoms with Gasteiger partial charge in [-0.3, -0.25) is 4.79 Å². The predicted octanol–water partition coefficient (Wildman–Crippen LogP) is 2.32. The van der Waals surface area contributed by atoms with E-state index in [9.17, 15) is 13.6 Å². The minimum atomic E-state index is -1.03. The Morgan fingerprint density at radius 3 is 2.60 bits per heavy atom. The van der Waals surface area contributed by atoms with Gasteiger partial charge < -0.3 is 16.0 Å². The molecule has 0 radical (unpaired) electrons. The van der Waals surface area contributed by atoms with Crippen molar-refractivity contribution in [2.24, 2.45) is 0 Å². The number of thiazole rings is 1. The maximum Gasteiger partial charge on any atom is 0.269 e. The Balaban J connectivity index is 2.21. The van der Waals surface area contributed by atoms with Gasteiger partial charge in [0.2, 0.25) is 0 Å². The summed E-state index contributed by atoms with van der Waals surface area (Å²) in [5.41, 5.74) is 5.81. The van der Waals surface area contributed by atoms with Crippen molar-refractivity contribution in [1.82, 2.24) is 4.98 Å². The van der Waals surface area contributed by atoms with E-state index in [1.807, 2.05) is 0 Å². The molecule has 0 aliphatic heterocycles. The van der Waals surface area contributed by atoms with Crippen LogP contribution >= 0.6 is 11.3 Å².